The third kappa shape index (κ3) is 2.46. The highest BCUT2D eigenvalue weighted by Gasteiger charge is 2.14. The summed E-state index contributed by atoms with van der Waals surface area (Å²) in [5.41, 5.74) is 3.08. The summed E-state index contributed by atoms with van der Waals surface area (Å²) in [7, 11) is 0. The van der Waals surface area contributed by atoms with E-state index < -0.39 is 0 Å². The van der Waals surface area contributed by atoms with Crippen LogP contribution in [0.5, 0.6) is 5.75 Å². The average molecular weight is 281 g/mol. The van der Waals surface area contributed by atoms with Gasteiger partial charge in [0.2, 0.25) is 0 Å². The molecule has 3 aromatic rings. The van der Waals surface area contributed by atoms with Crippen LogP contribution in [0.4, 0.5) is 0 Å². The van der Waals surface area contributed by atoms with Crippen molar-refractivity contribution in [2.45, 2.75) is 13.8 Å². The Bertz CT molecular complexity index is 795. The zero-order valence-corrected chi connectivity index (χ0v) is 11.9. The topological polar surface area (TPSA) is 79.0 Å². The van der Waals surface area contributed by atoms with Crippen molar-refractivity contribution < 1.29 is 4.74 Å². The first-order chi connectivity index (χ1) is 10.2. The van der Waals surface area contributed by atoms with Gasteiger partial charge in [-0.1, -0.05) is 13.8 Å². The van der Waals surface area contributed by atoms with Crippen LogP contribution in [0.2, 0.25) is 0 Å². The number of aromatic nitrogens is 4. The van der Waals surface area contributed by atoms with Gasteiger partial charge in [-0.3, -0.25) is 5.10 Å². The lowest BCUT2D eigenvalue weighted by Gasteiger charge is -2.11. The Labute approximate surface area is 122 Å². The van der Waals surface area contributed by atoms with Crippen molar-refractivity contribution in [2.24, 2.45) is 5.92 Å². The van der Waals surface area contributed by atoms with E-state index in [1.54, 1.807) is 16.9 Å². The van der Waals surface area contributed by atoms with Gasteiger partial charge in [0.05, 0.1) is 19.0 Å². The molecule has 0 aliphatic carbocycles. The molecule has 0 unspecified atom stereocenters. The molecular formula is C15H15N5O. The maximum atomic E-state index is 9.21. The predicted octanol–water partition coefficient (Wildman–Crippen LogP) is 2.63. The van der Waals surface area contributed by atoms with Crippen molar-refractivity contribution >= 4 is 5.52 Å². The van der Waals surface area contributed by atoms with Crippen molar-refractivity contribution in [3.8, 4) is 22.9 Å². The van der Waals surface area contributed by atoms with Crippen LogP contribution in [0.1, 0.15) is 19.4 Å². The largest absolute Gasteiger partial charge is 0.491 e. The minimum atomic E-state index is 0.399. The van der Waals surface area contributed by atoms with Crippen LogP contribution in [0.25, 0.3) is 16.6 Å². The van der Waals surface area contributed by atoms with E-state index in [0.29, 0.717) is 29.4 Å². The fourth-order valence-electron chi connectivity index (χ4n) is 2.10. The molecule has 1 N–H and O–H groups in total. The number of nitrogens with zero attached hydrogens (tertiary/aromatic N) is 4. The lowest BCUT2D eigenvalue weighted by molar-refractivity contribution is 0.273. The van der Waals surface area contributed by atoms with Gasteiger partial charge >= 0.3 is 0 Å². The van der Waals surface area contributed by atoms with Gasteiger partial charge in [0.15, 0.2) is 0 Å². The molecule has 0 spiro atoms. The highest BCUT2D eigenvalue weighted by Crippen LogP contribution is 2.29. The average Bonchev–Trinajstić information content (AvgIpc) is 3.13. The van der Waals surface area contributed by atoms with Crippen LogP contribution >= 0.6 is 0 Å². The van der Waals surface area contributed by atoms with E-state index >= 15 is 0 Å². The molecule has 6 heteroatoms. The molecule has 0 aliphatic heterocycles. The first kappa shape index (κ1) is 13.2. The van der Waals surface area contributed by atoms with Gasteiger partial charge in [-0.2, -0.15) is 15.5 Å². The fourth-order valence-corrected chi connectivity index (χ4v) is 2.10. The minimum Gasteiger partial charge on any atom is -0.491 e. The molecule has 0 atom stereocenters. The van der Waals surface area contributed by atoms with Gasteiger partial charge < -0.3 is 4.74 Å². The number of nitriles is 1. The summed E-state index contributed by atoms with van der Waals surface area (Å²) in [6.07, 6.45) is 6.96. The Hall–Kier alpha value is -2.81. The molecule has 3 heterocycles. The Morgan fingerprint density at radius 1 is 1.38 bits per heavy atom. The fraction of sp³-hybridized carbons (Fsp3) is 0.267. The van der Waals surface area contributed by atoms with E-state index in [-0.39, 0.29) is 0 Å². The van der Waals surface area contributed by atoms with Crippen LogP contribution in [-0.4, -0.2) is 26.4 Å². The van der Waals surface area contributed by atoms with E-state index in [4.69, 9.17) is 4.74 Å². The first-order valence-corrected chi connectivity index (χ1v) is 6.72. The van der Waals surface area contributed by atoms with Gasteiger partial charge in [0, 0.05) is 23.5 Å². The van der Waals surface area contributed by atoms with Crippen LogP contribution in [0, 0.1) is 17.2 Å². The quantitative estimate of drug-likeness (QED) is 0.797. The summed E-state index contributed by atoms with van der Waals surface area (Å²) in [6.45, 7) is 4.75. The number of nitrogens with one attached hydrogen (secondary N) is 1. The number of hydrogen-bond donors (Lipinski definition) is 1. The molecule has 0 fully saturated rings. The Morgan fingerprint density at radius 2 is 2.24 bits per heavy atom. The SMILES string of the molecule is CC(C)COc1cc(-c2cn[nH]c2)cn2ncc(C#N)c12. The van der Waals surface area contributed by atoms with Gasteiger partial charge in [0.25, 0.3) is 0 Å². The molecule has 6 nitrogen and oxygen atoms in total. The predicted molar refractivity (Wildman–Crippen MR) is 77.8 cm³/mol. The molecule has 3 aromatic heterocycles. The second-order valence-electron chi connectivity index (χ2n) is 5.25. The zero-order valence-electron chi connectivity index (χ0n) is 11.9. The normalized spacial score (nSPS) is 11.0. The molecule has 3 rings (SSSR count). The van der Waals surface area contributed by atoms with Crippen LogP contribution in [0.15, 0.2) is 30.9 Å². The Kier molecular flexibility index (Phi) is 3.32. The van der Waals surface area contributed by atoms with E-state index in [2.05, 4.69) is 35.2 Å². The van der Waals surface area contributed by atoms with E-state index in [9.17, 15) is 5.26 Å². The Balaban J connectivity index is 2.15. The number of aromatic amines is 1. The number of ether oxygens (including phenoxy) is 1. The number of hydrogen-bond acceptors (Lipinski definition) is 4. The highest BCUT2D eigenvalue weighted by molar-refractivity contribution is 5.74. The summed E-state index contributed by atoms with van der Waals surface area (Å²) < 4.78 is 7.55. The van der Waals surface area contributed by atoms with Gasteiger partial charge in [-0.15, -0.1) is 0 Å². The van der Waals surface area contributed by atoms with E-state index in [1.807, 2.05) is 18.5 Å². The van der Waals surface area contributed by atoms with E-state index in [1.165, 1.54) is 0 Å². The van der Waals surface area contributed by atoms with Crippen molar-refractivity contribution in [1.82, 2.24) is 19.8 Å². The second-order valence-corrected chi connectivity index (χ2v) is 5.25. The molecule has 0 saturated heterocycles. The molecule has 0 aliphatic rings. The third-order valence-electron chi connectivity index (χ3n) is 3.10. The number of H-pyrrole nitrogens is 1. The summed E-state index contributed by atoms with van der Waals surface area (Å²) in [6, 6.07) is 4.07. The van der Waals surface area contributed by atoms with Gasteiger partial charge in [-0.25, -0.2) is 4.52 Å². The lowest BCUT2D eigenvalue weighted by Crippen LogP contribution is -2.06. The molecule has 0 aromatic carbocycles. The molecular weight excluding hydrogens is 266 g/mol. The molecule has 0 radical (unpaired) electrons. The van der Waals surface area contributed by atoms with Gasteiger partial charge in [-0.05, 0) is 12.0 Å². The summed E-state index contributed by atoms with van der Waals surface area (Å²) in [4.78, 5) is 0. The number of rotatable bonds is 4. The van der Waals surface area contributed by atoms with Crippen molar-refractivity contribution in [3.63, 3.8) is 0 Å². The van der Waals surface area contributed by atoms with E-state index in [0.717, 1.165) is 11.1 Å². The van der Waals surface area contributed by atoms with Crippen molar-refractivity contribution in [2.75, 3.05) is 6.61 Å². The smallest absolute Gasteiger partial charge is 0.147 e. The standard InChI is InChI=1S/C15H15N5O/c1-10(2)9-21-14-3-11(13-5-17-18-6-13)8-20-15(14)12(4-16)7-19-20/h3,5-8,10H,9H2,1-2H3,(H,17,18). The second kappa shape index (κ2) is 5.29. The zero-order chi connectivity index (χ0) is 14.8. The maximum Gasteiger partial charge on any atom is 0.147 e. The summed E-state index contributed by atoms with van der Waals surface area (Å²) in [5, 5.41) is 20.2. The molecule has 0 saturated carbocycles. The van der Waals surface area contributed by atoms with Crippen LogP contribution < -0.4 is 4.74 Å². The van der Waals surface area contributed by atoms with Crippen LogP contribution in [0.3, 0.4) is 0 Å². The number of pyridine rings is 1. The highest BCUT2D eigenvalue weighted by atomic mass is 16.5. The summed E-state index contributed by atoms with van der Waals surface area (Å²) in [5.74, 6) is 1.06. The maximum absolute atomic E-state index is 9.21. The van der Waals surface area contributed by atoms with Crippen LogP contribution in [-0.2, 0) is 0 Å². The molecule has 21 heavy (non-hydrogen) atoms. The monoisotopic (exact) mass is 281 g/mol. The molecule has 0 bridgehead atoms. The van der Waals surface area contributed by atoms with Gasteiger partial charge in [0.1, 0.15) is 22.9 Å². The first-order valence-electron chi connectivity index (χ1n) is 6.72. The minimum absolute atomic E-state index is 0.399. The lowest BCUT2D eigenvalue weighted by atomic mass is 10.1. The Morgan fingerprint density at radius 3 is 2.90 bits per heavy atom. The summed E-state index contributed by atoms with van der Waals surface area (Å²) >= 11 is 0. The van der Waals surface area contributed by atoms with Crippen molar-refractivity contribution in [3.05, 3.63) is 36.4 Å². The third-order valence-corrected chi connectivity index (χ3v) is 3.10. The number of fused-ring (bicyclic) bond motifs is 1. The molecule has 0 amide bonds. The van der Waals surface area contributed by atoms with Crippen molar-refractivity contribution in [1.29, 1.82) is 5.26 Å². The molecule has 106 valence electrons.